The Morgan fingerprint density at radius 1 is 1.04 bits per heavy atom. The number of hydrogen-bond acceptors (Lipinski definition) is 4. The van der Waals surface area contributed by atoms with Gasteiger partial charge in [0.15, 0.2) is 5.65 Å². The summed E-state index contributed by atoms with van der Waals surface area (Å²) in [5.41, 5.74) is 2.91. The third kappa shape index (κ3) is 2.70. The number of rotatable bonds is 5. The molecule has 0 saturated carbocycles. The van der Waals surface area contributed by atoms with E-state index in [1.807, 2.05) is 22.8 Å². The Balaban J connectivity index is 1.75. The van der Waals surface area contributed by atoms with Crippen LogP contribution >= 0.6 is 0 Å². The average molecular weight is 318 g/mol. The van der Waals surface area contributed by atoms with Crippen LogP contribution in [0.25, 0.3) is 27.7 Å². The van der Waals surface area contributed by atoms with Crippen LogP contribution in [0.5, 0.6) is 0 Å². The van der Waals surface area contributed by atoms with Crippen LogP contribution in [-0.2, 0) is 4.74 Å². The number of ether oxygens (including phenoxy) is 1. The van der Waals surface area contributed by atoms with Gasteiger partial charge in [-0.15, -0.1) is 5.10 Å². The fourth-order valence-corrected chi connectivity index (χ4v) is 2.79. The molecule has 2 aromatic heterocycles. The van der Waals surface area contributed by atoms with Gasteiger partial charge in [-0.05, 0) is 29.0 Å². The van der Waals surface area contributed by atoms with Crippen molar-refractivity contribution in [1.82, 2.24) is 14.6 Å². The highest BCUT2D eigenvalue weighted by atomic mass is 16.5. The van der Waals surface area contributed by atoms with Crippen molar-refractivity contribution in [3.05, 3.63) is 60.8 Å². The highest BCUT2D eigenvalue weighted by Crippen LogP contribution is 2.25. The molecule has 0 aliphatic rings. The topological polar surface area (TPSA) is 51.5 Å². The fourth-order valence-electron chi connectivity index (χ4n) is 2.79. The minimum Gasteiger partial charge on any atom is -0.383 e. The predicted molar refractivity (Wildman–Crippen MR) is 96.3 cm³/mol. The smallest absolute Gasteiger partial charge is 0.154 e. The molecule has 0 bridgehead atoms. The molecule has 0 unspecified atom stereocenters. The number of fused-ring (bicyclic) bond motifs is 2. The van der Waals surface area contributed by atoms with E-state index in [1.54, 1.807) is 7.11 Å². The molecule has 0 amide bonds. The lowest BCUT2D eigenvalue weighted by Crippen LogP contribution is -2.10. The van der Waals surface area contributed by atoms with Gasteiger partial charge in [0.25, 0.3) is 0 Å². The Kier molecular flexibility index (Phi) is 3.84. The first kappa shape index (κ1) is 14.7. The van der Waals surface area contributed by atoms with E-state index in [4.69, 9.17) is 4.74 Å². The van der Waals surface area contributed by atoms with Crippen molar-refractivity contribution >= 4 is 22.2 Å². The lowest BCUT2D eigenvalue weighted by molar-refractivity contribution is 0.210. The van der Waals surface area contributed by atoms with E-state index in [-0.39, 0.29) is 0 Å². The first-order valence-electron chi connectivity index (χ1n) is 7.92. The summed E-state index contributed by atoms with van der Waals surface area (Å²) in [6.45, 7) is 1.36. The Morgan fingerprint density at radius 3 is 2.79 bits per heavy atom. The Bertz CT molecular complexity index is 993. The van der Waals surface area contributed by atoms with Crippen LogP contribution in [0.1, 0.15) is 0 Å². The zero-order valence-electron chi connectivity index (χ0n) is 13.4. The molecule has 0 spiro atoms. The SMILES string of the molecule is COCCNc1ccc2ncc(-c3ccc4ccccc4c3)n2n1. The second-order valence-corrected chi connectivity index (χ2v) is 5.61. The number of methoxy groups -OCH3 is 1. The number of benzene rings is 2. The van der Waals surface area contributed by atoms with Gasteiger partial charge in [-0.1, -0.05) is 36.4 Å². The minimum absolute atomic E-state index is 0.640. The molecule has 4 rings (SSSR count). The largest absolute Gasteiger partial charge is 0.383 e. The Morgan fingerprint density at radius 2 is 1.92 bits per heavy atom. The number of imidazole rings is 1. The predicted octanol–water partition coefficient (Wildman–Crippen LogP) is 3.61. The lowest BCUT2D eigenvalue weighted by atomic mass is 10.1. The van der Waals surface area contributed by atoms with Crippen LogP contribution in [0.15, 0.2) is 60.8 Å². The van der Waals surface area contributed by atoms with Crippen LogP contribution in [0.2, 0.25) is 0 Å². The summed E-state index contributed by atoms with van der Waals surface area (Å²) in [6, 6.07) is 18.6. The maximum Gasteiger partial charge on any atom is 0.154 e. The van der Waals surface area contributed by atoms with Gasteiger partial charge in [0.1, 0.15) is 5.82 Å². The lowest BCUT2D eigenvalue weighted by Gasteiger charge is -2.07. The molecule has 0 fully saturated rings. The maximum atomic E-state index is 5.06. The van der Waals surface area contributed by atoms with Gasteiger partial charge in [0.2, 0.25) is 0 Å². The molecule has 0 aliphatic carbocycles. The third-order valence-corrected chi connectivity index (χ3v) is 4.02. The summed E-state index contributed by atoms with van der Waals surface area (Å²) in [5, 5.41) is 10.3. The summed E-state index contributed by atoms with van der Waals surface area (Å²) in [7, 11) is 1.69. The van der Waals surface area contributed by atoms with Gasteiger partial charge in [0, 0.05) is 19.2 Å². The molecule has 0 aliphatic heterocycles. The molecule has 120 valence electrons. The zero-order chi connectivity index (χ0) is 16.4. The Hall–Kier alpha value is -2.92. The van der Waals surface area contributed by atoms with Crippen molar-refractivity contribution in [2.24, 2.45) is 0 Å². The van der Waals surface area contributed by atoms with E-state index in [2.05, 4.69) is 57.9 Å². The molecule has 4 aromatic rings. The van der Waals surface area contributed by atoms with Gasteiger partial charge in [-0.25, -0.2) is 9.50 Å². The molecule has 2 aromatic carbocycles. The molecule has 0 saturated heterocycles. The van der Waals surface area contributed by atoms with Gasteiger partial charge >= 0.3 is 0 Å². The van der Waals surface area contributed by atoms with Crippen LogP contribution in [0.4, 0.5) is 5.82 Å². The molecule has 5 nitrogen and oxygen atoms in total. The average Bonchev–Trinajstić information content (AvgIpc) is 3.05. The van der Waals surface area contributed by atoms with Crippen LogP contribution in [-0.4, -0.2) is 34.9 Å². The van der Waals surface area contributed by atoms with Crippen LogP contribution in [0.3, 0.4) is 0 Å². The summed E-state index contributed by atoms with van der Waals surface area (Å²) in [4.78, 5) is 4.46. The quantitative estimate of drug-likeness (QED) is 0.571. The molecule has 2 heterocycles. The summed E-state index contributed by atoms with van der Waals surface area (Å²) in [6.07, 6.45) is 1.87. The number of anilines is 1. The van der Waals surface area contributed by atoms with Gasteiger partial charge in [-0.2, -0.15) is 0 Å². The van der Waals surface area contributed by atoms with E-state index in [0.717, 1.165) is 29.3 Å². The van der Waals surface area contributed by atoms with Gasteiger partial charge < -0.3 is 10.1 Å². The standard InChI is InChI=1S/C19H18N4O/c1-24-11-10-20-18-8-9-19-21-13-17(23(19)22-18)16-7-6-14-4-2-3-5-15(14)12-16/h2-9,12-13H,10-11H2,1H3,(H,20,22). The molecule has 0 radical (unpaired) electrons. The fraction of sp³-hybridized carbons (Fsp3) is 0.158. The molecule has 5 heteroatoms. The molecular weight excluding hydrogens is 300 g/mol. The minimum atomic E-state index is 0.640. The van der Waals surface area contributed by atoms with Crippen molar-refractivity contribution in [3.8, 4) is 11.3 Å². The molecule has 1 N–H and O–H groups in total. The second-order valence-electron chi connectivity index (χ2n) is 5.61. The summed E-state index contributed by atoms with van der Waals surface area (Å²) >= 11 is 0. The number of hydrogen-bond donors (Lipinski definition) is 1. The first-order chi connectivity index (χ1) is 11.8. The summed E-state index contributed by atoms with van der Waals surface area (Å²) in [5.74, 6) is 0.805. The Labute approximate surface area is 139 Å². The highest BCUT2D eigenvalue weighted by molar-refractivity contribution is 5.87. The van der Waals surface area contributed by atoms with Crippen molar-refractivity contribution in [2.45, 2.75) is 0 Å². The number of aromatic nitrogens is 3. The van der Waals surface area contributed by atoms with Crippen molar-refractivity contribution in [3.63, 3.8) is 0 Å². The first-order valence-corrected chi connectivity index (χ1v) is 7.92. The number of nitrogens with one attached hydrogen (secondary N) is 1. The van der Waals surface area contributed by atoms with Crippen molar-refractivity contribution < 1.29 is 4.74 Å². The van der Waals surface area contributed by atoms with E-state index < -0.39 is 0 Å². The van der Waals surface area contributed by atoms with Crippen LogP contribution in [0, 0.1) is 0 Å². The summed E-state index contributed by atoms with van der Waals surface area (Å²) < 4.78 is 6.93. The monoisotopic (exact) mass is 318 g/mol. The molecule has 24 heavy (non-hydrogen) atoms. The van der Waals surface area contributed by atoms with Gasteiger partial charge in [-0.3, -0.25) is 0 Å². The van der Waals surface area contributed by atoms with Crippen LogP contribution < -0.4 is 5.32 Å². The maximum absolute atomic E-state index is 5.06. The van der Waals surface area contributed by atoms with E-state index in [9.17, 15) is 0 Å². The van der Waals surface area contributed by atoms with E-state index >= 15 is 0 Å². The van der Waals surface area contributed by atoms with Crippen molar-refractivity contribution in [1.29, 1.82) is 0 Å². The van der Waals surface area contributed by atoms with Gasteiger partial charge in [0.05, 0.1) is 18.5 Å². The normalized spacial score (nSPS) is 11.2. The van der Waals surface area contributed by atoms with Crippen molar-refractivity contribution in [2.75, 3.05) is 25.6 Å². The van der Waals surface area contributed by atoms with E-state index in [0.29, 0.717) is 6.61 Å². The third-order valence-electron chi connectivity index (χ3n) is 4.02. The number of nitrogens with zero attached hydrogens (tertiary/aromatic N) is 3. The highest BCUT2D eigenvalue weighted by Gasteiger charge is 2.08. The van der Waals surface area contributed by atoms with E-state index in [1.165, 1.54) is 10.8 Å². The molecular formula is C19H18N4O. The zero-order valence-corrected chi connectivity index (χ0v) is 13.4. The molecule has 0 atom stereocenters. The second kappa shape index (κ2) is 6.29.